The van der Waals surface area contributed by atoms with Crippen molar-refractivity contribution in [3.05, 3.63) is 20.3 Å². The molecule has 0 saturated carbocycles. The van der Waals surface area contributed by atoms with Crippen molar-refractivity contribution in [2.45, 2.75) is 0 Å². The first-order valence-electron chi connectivity index (χ1n) is 3.27. The standard InChI is InChI=1S/C7H7ClN2S/c1-10-2-6-7(9-4-10)5(8)3-11-6/h2-3H,4H2,1H3. The Morgan fingerprint density at radius 2 is 2.55 bits per heavy atom. The molecule has 11 heavy (non-hydrogen) atoms. The van der Waals surface area contributed by atoms with E-state index in [-0.39, 0.29) is 0 Å². The van der Waals surface area contributed by atoms with Crippen molar-refractivity contribution in [2.75, 3.05) is 13.7 Å². The molecule has 1 aromatic rings. The SMILES string of the molecule is CN1C=c2scc(Cl)c2=NC1. The second-order valence-electron chi connectivity index (χ2n) is 2.48. The topological polar surface area (TPSA) is 15.6 Å². The number of thiophene rings is 1. The van der Waals surface area contributed by atoms with Crippen LogP contribution in [0.3, 0.4) is 0 Å². The molecule has 0 amide bonds. The molecule has 0 aliphatic carbocycles. The molecule has 0 radical (unpaired) electrons. The average molecular weight is 187 g/mol. The molecule has 0 atom stereocenters. The first-order valence-corrected chi connectivity index (χ1v) is 4.53. The third kappa shape index (κ3) is 1.14. The number of nitrogens with zero attached hydrogens (tertiary/aromatic N) is 2. The lowest BCUT2D eigenvalue weighted by molar-refractivity contribution is 0.500. The Bertz CT molecular complexity index is 382. The van der Waals surface area contributed by atoms with Gasteiger partial charge in [0, 0.05) is 18.6 Å². The maximum atomic E-state index is 5.88. The van der Waals surface area contributed by atoms with Crippen molar-refractivity contribution >= 4 is 29.1 Å². The summed E-state index contributed by atoms with van der Waals surface area (Å²) in [5.41, 5.74) is 0. The van der Waals surface area contributed by atoms with E-state index in [9.17, 15) is 0 Å². The van der Waals surface area contributed by atoms with Gasteiger partial charge in [0.05, 0.1) is 14.9 Å². The van der Waals surface area contributed by atoms with Gasteiger partial charge in [-0.15, -0.1) is 11.3 Å². The minimum Gasteiger partial charge on any atom is -0.360 e. The molecular weight excluding hydrogens is 180 g/mol. The number of halogens is 1. The van der Waals surface area contributed by atoms with E-state index in [0.29, 0.717) is 6.67 Å². The first-order chi connectivity index (χ1) is 5.27. The maximum Gasteiger partial charge on any atom is 0.110 e. The molecule has 1 aliphatic heterocycles. The van der Waals surface area contributed by atoms with Crippen LogP contribution in [0.25, 0.3) is 6.20 Å². The molecule has 4 heteroatoms. The van der Waals surface area contributed by atoms with Crippen LogP contribution in [0.4, 0.5) is 0 Å². The van der Waals surface area contributed by atoms with Crippen LogP contribution in [-0.4, -0.2) is 18.6 Å². The van der Waals surface area contributed by atoms with Crippen LogP contribution in [0.2, 0.25) is 5.02 Å². The van der Waals surface area contributed by atoms with Crippen LogP contribution in [0, 0.1) is 0 Å². The van der Waals surface area contributed by atoms with Crippen molar-refractivity contribution in [3.63, 3.8) is 0 Å². The lowest BCUT2D eigenvalue weighted by Crippen LogP contribution is -2.30. The second kappa shape index (κ2) is 2.50. The van der Waals surface area contributed by atoms with Crippen LogP contribution in [0.5, 0.6) is 0 Å². The Labute approximate surface area is 73.4 Å². The zero-order valence-electron chi connectivity index (χ0n) is 6.04. The second-order valence-corrected chi connectivity index (χ2v) is 3.80. The van der Waals surface area contributed by atoms with Gasteiger partial charge in [0.15, 0.2) is 0 Å². The molecule has 0 fully saturated rings. The highest BCUT2D eigenvalue weighted by Crippen LogP contribution is 2.03. The number of hydrogen-bond acceptors (Lipinski definition) is 3. The van der Waals surface area contributed by atoms with Gasteiger partial charge in [0.2, 0.25) is 0 Å². The van der Waals surface area contributed by atoms with Gasteiger partial charge in [-0.25, -0.2) is 0 Å². The van der Waals surface area contributed by atoms with E-state index in [4.69, 9.17) is 11.6 Å². The van der Waals surface area contributed by atoms with E-state index in [1.165, 1.54) is 0 Å². The van der Waals surface area contributed by atoms with Crippen LogP contribution in [0.1, 0.15) is 0 Å². The Kier molecular flexibility index (Phi) is 1.62. The minimum absolute atomic E-state index is 0.712. The van der Waals surface area contributed by atoms with E-state index >= 15 is 0 Å². The zero-order valence-corrected chi connectivity index (χ0v) is 7.61. The molecule has 0 spiro atoms. The molecule has 2 rings (SSSR count). The minimum atomic E-state index is 0.712. The Hall–Kier alpha value is -0.540. The largest absolute Gasteiger partial charge is 0.360 e. The number of rotatable bonds is 0. The van der Waals surface area contributed by atoms with E-state index < -0.39 is 0 Å². The molecular formula is C7H7ClN2S. The summed E-state index contributed by atoms with van der Waals surface area (Å²) < 4.78 is 1.16. The van der Waals surface area contributed by atoms with E-state index in [1.54, 1.807) is 11.3 Å². The van der Waals surface area contributed by atoms with Gasteiger partial charge in [-0.05, 0) is 0 Å². The van der Waals surface area contributed by atoms with Gasteiger partial charge in [0.1, 0.15) is 6.67 Å². The fourth-order valence-electron chi connectivity index (χ4n) is 1.01. The molecule has 1 aromatic heterocycles. The van der Waals surface area contributed by atoms with Crippen molar-refractivity contribution in [1.82, 2.24) is 4.90 Å². The van der Waals surface area contributed by atoms with Gasteiger partial charge in [-0.2, -0.15) is 0 Å². The third-order valence-electron chi connectivity index (χ3n) is 1.54. The fourth-order valence-corrected chi connectivity index (χ4v) is 2.23. The predicted molar refractivity (Wildman–Crippen MR) is 47.2 cm³/mol. The maximum absolute atomic E-state index is 5.88. The normalized spacial score (nSPS) is 15.3. The smallest absolute Gasteiger partial charge is 0.110 e. The summed E-state index contributed by atoms with van der Waals surface area (Å²) in [6, 6.07) is 0. The molecule has 2 heterocycles. The lowest BCUT2D eigenvalue weighted by atomic mass is 10.5. The summed E-state index contributed by atoms with van der Waals surface area (Å²) in [5, 5.41) is 3.65. The van der Waals surface area contributed by atoms with Crippen LogP contribution in [-0.2, 0) is 0 Å². The molecule has 58 valence electrons. The van der Waals surface area contributed by atoms with Gasteiger partial charge in [0.25, 0.3) is 0 Å². The molecule has 0 aromatic carbocycles. The highest BCUT2D eigenvalue weighted by Gasteiger charge is 2.02. The van der Waals surface area contributed by atoms with Gasteiger partial charge in [-0.3, -0.25) is 4.99 Å². The highest BCUT2D eigenvalue weighted by molar-refractivity contribution is 7.08. The van der Waals surface area contributed by atoms with Crippen molar-refractivity contribution in [1.29, 1.82) is 0 Å². The van der Waals surface area contributed by atoms with E-state index in [2.05, 4.69) is 11.2 Å². The summed E-state index contributed by atoms with van der Waals surface area (Å²) in [5.74, 6) is 0. The van der Waals surface area contributed by atoms with E-state index in [0.717, 1.165) is 14.9 Å². The van der Waals surface area contributed by atoms with Crippen molar-refractivity contribution in [3.8, 4) is 0 Å². The fraction of sp³-hybridized carbons (Fsp3) is 0.286. The number of fused-ring (bicyclic) bond motifs is 1. The molecule has 0 bridgehead atoms. The zero-order chi connectivity index (χ0) is 7.84. The van der Waals surface area contributed by atoms with Gasteiger partial charge >= 0.3 is 0 Å². The van der Waals surface area contributed by atoms with Gasteiger partial charge < -0.3 is 4.90 Å². The quantitative estimate of drug-likeness (QED) is 0.582. The highest BCUT2D eigenvalue weighted by atomic mass is 35.5. The first kappa shape index (κ1) is 7.13. The summed E-state index contributed by atoms with van der Waals surface area (Å²) in [4.78, 5) is 6.34. The Morgan fingerprint density at radius 1 is 1.73 bits per heavy atom. The molecule has 1 aliphatic rings. The van der Waals surface area contributed by atoms with Gasteiger partial charge in [-0.1, -0.05) is 11.6 Å². The van der Waals surface area contributed by atoms with Crippen molar-refractivity contribution in [2.24, 2.45) is 4.99 Å². The summed E-state index contributed by atoms with van der Waals surface area (Å²) in [6.45, 7) is 0.712. The average Bonchev–Trinajstić information content (AvgIpc) is 2.32. The molecule has 0 unspecified atom stereocenters. The summed E-state index contributed by atoms with van der Waals surface area (Å²) in [6.07, 6.45) is 2.07. The number of hydrogen-bond donors (Lipinski definition) is 0. The third-order valence-corrected chi connectivity index (χ3v) is 2.86. The van der Waals surface area contributed by atoms with Crippen LogP contribution < -0.4 is 9.89 Å². The monoisotopic (exact) mass is 186 g/mol. The summed E-state index contributed by atoms with van der Waals surface area (Å²) in [7, 11) is 2.00. The Balaban J connectivity index is 2.76. The van der Waals surface area contributed by atoms with E-state index in [1.807, 2.05) is 17.3 Å². The van der Waals surface area contributed by atoms with Crippen LogP contribution >= 0.6 is 22.9 Å². The molecule has 2 nitrogen and oxygen atoms in total. The molecule has 0 saturated heterocycles. The van der Waals surface area contributed by atoms with Crippen LogP contribution in [0.15, 0.2) is 10.4 Å². The summed E-state index contributed by atoms with van der Waals surface area (Å²) >= 11 is 7.52. The van der Waals surface area contributed by atoms with Crippen molar-refractivity contribution < 1.29 is 0 Å². The lowest BCUT2D eigenvalue weighted by Gasteiger charge is -2.11. The Morgan fingerprint density at radius 3 is 3.36 bits per heavy atom. The molecule has 0 N–H and O–H groups in total. The predicted octanol–water partition coefficient (Wildman–Crippen LogP) is 0.662.